The van der Waals surface area contributed by atoms with Crippen LogP contribution in [-0.2, 0) is 17.7 Å². The summed E-state index contributed by atoms with van der Waals surface area (Å²) in [6, 6.07) is 9.41. The first-order valence-corrected chi connectivity index (χ1v) is 7.97. The van der Waals surface area contributed by atoms with Crippen molar-refractivity contribution in [2.24, 2.45) is 11.7 Å². The minimum Gasteiger partial charge on any atom is -0.381 e. The molecule has 3 heteroatoms. The molecule has 2 heterocycles. The van der Waals surface area contributed by atoms with Gasteiger partial charge in [-0.15, -0.1) is 0 Å². The van der Waals surface area contributed by atoms with Crippen molar-refractivity contribution in [3.8, 4) is 0 Å². The van der Waals surface area contributed by atoms with E-state index in [2.05, 4.69) is 29.2 Å². The zero-order chi connectivity index (χ0) is 13.8. The molecule has 0 bridgehead atoms. The monoisotopic (exact) mass is 274 g/mol. The van der Waals surface area contributed by atoms with Crippen LogP contribution in [0.25, 0.3) is 0 Å². The fourth-order valence-electron chi connectivity index (χ4n) is 3.75. The molecule has 110 valence electrons. The summed E-state index contributed by atoms with van der Waals surface area (Å²) in [7, 11) is 0. The van der Waals surface area contributed by atoms with E-state index in [1.807, 2.05) is 0 Å². The summed E-state index contributed by atoms with van der Waals surface area (Å²) in [5.74, 6) is 0.707. The maximum Gasteiger partial charge on any atom is 0.0469 e. The highest BCUT2D eigenvalue weighted by Gasteiger charge is 2.29. The first-order chi connectivity index (χ1) is 9.88. The molecule has 0 spiro atoms. The SMILES string of the molecule is NCC(C1CCOCC1)N1CCCc2ccccc2C1. The highest BCUT2D eigenvalue weighted by molar-refractivity contribution is 5.28. The summed E-state index contributed by atoms with van der Waals surface area (Å²) >= 11 is 0. The topological polar surface area (TPSA) is 38.5 Å². The number of nitrogens with two attached hydrogens (primary N) is 1. The molecule has 0 aliphatic carbocycles. The third kappa shape index (κ3) is 3.05. The second-order valence-corrected chi connectivity index (χ2v) is 6.10. The van der Waals surface area contributed by atoms with Crippen molar-refractivity contribution in [2.75, 3.05) is 26.3 Å². The number of hydrogen-bond acceptors (Lipinski definition) is 3. The summed E-state index contributed by atoms with van der Waals surface area (Å²) < 4.78 is 5.50. The normalized spacial score (nSPS) is 23.1. The molecule has 3 nitrogen and oxygen atoms in total. The maximum absolute atomic E-state index is 6.12. The van der Waals surface area contributed by atoms with Gasteiger partial charge < -0.3 is 10.5 Å². The van der Waals surface area contributed by atoms with Crippen molar-refractivity contribution >= 4 is 0 Å². The first kappa shape index (κ1) is 14.1. The van der Waals surface area contributed by atoms with Gasteiger partial charge in [0.2, 0.25) is 0 Å². The Hall–Kier alpha value is -0.900. The summed E-state index contributed by atoms with van der Waals surface area (Å²) in [6.07, 6.45) is 4.79. The Labute approximate surface area is 122 Å². The Kier molecular flexibility index (Phi) is 4.71. The minimum atomic E-state index is 0.519. The third-order valence-corrected chi connectivity index (χ3v) is 4.90. The molecule has 1 saturated heterocycles. The third-order valence-electron chi connectivity index (χ3n) is 4.90. The zero-order valence-electron chi connectivity index (χ0n) is 12.3. The number of benzene rings is 1. The van der Waals surface area contributed by atoms with Gasteiger partial charge in [0, 0.05) is 32.3 Å². The van der Waals surface area contributed by atoms with Crippen molar-refractivity contribution in [3.05, 3.63) is 35.4 Å². The van der Waals surface area contributed by atoms with E-state index in [0.717, 1.165) is 26.3 Å². The molecule has 0 saturated carbocycles. The zero-order valence-corrected chi connectivity index (χ0v) is 12.3. The lowest BCUT2D eigenvalue weighted by Gasteiger charge is -2.37. The van der Waals surface area contributed by atoms with Gasteiger partial charge in [-0.25, -0.2) is 0 Å². The molecule has 2 aliphatic heterocycles. The van der Waals surface area contributed by atoms with Crippen LogP contribution in [0.3, 0.4) is 0 Å². The molecule has 1 aromatic rings. The molecule has 3 rings (SSSR count). The quantitative estimate of drug-likeness (QED) is 0.918. The van der Waals surface area contributed by atoms with Crippen LogP contribution in [0.4, 0.5) is 0 Å². The molecule has 2 N–H and O–H groups in total. The molecule has 20 heavy (non-hydrogen) atoms. The predicted molar refractivity (Wildman–Crippen MR) is 81.6 cm³/mol. The molecule has 0 radical (unpaired) electrons. The van der Waals surface area contributed by atoms with Crippen LogP contribution >= 0.6 is 0 Å². The molecule has 2 aliphatic rings. The Morgan fingerprint density at radius 1 is 1.20 bits per heavy atom. The highest BCUT2D eigenvalue weighted by atomic mass is 16.5. The molecule has 0 amide bonds. The van der Waals surface area contributed by atoms with Crippen LogP contribution in [0.5, 0.6) is 0 Å². The van der Waals surface area contributed by atoms with Gasteiger partial charge in [0.05, 0.1) is 0 Å². The molecule has 1 atom stereocenters. The van der Waals surface area contributed by atoms with Crippen molar-refractivity contribution < 1.29 is 4.74 Å². The van der Waals surface area contributed by atoms with E-state index in [9.17, 15) is 0 Å². The van der Waals surface area contributed by atoms with E-state index in [0.29, 0.717) is 12.0 Å². The first-order valence-electron chi connectivity index (χ1n) is 7.97. The second kappa shape index (κ2) is 6.70. The van der Waals surface area contributed by atoms with Crippen molar-refractivity contribution in [2.45, 2.75) is 38.3 Å². The number of aryl methyl sites for hydroxylation is 1. The van der Waals surface area contributed by atoms with Gasteiger partial charge >= 0.3 is 0 Å². The van der Waals surface area contributed by atoms with Gasteiger partial charge in [-0.05, 0) is 49.3 Å². The number of fused-ring (bicyclic) bond motifs is 1. The van der Waals surface area contributed by atoms with E-state index in [4.69, 9.17) is 10.5 Å². The fraction of sp³-hybridized carbons (Fsp3) is 0.647. The number of hydrogen-bond donors (Lipinski definition) is 1. The summed E-state index contributed by atoms with van der Waals surface area (Å²) in [5, 5.41) is 0. The number of rotatable bonds is 3. The number of ether oxygens (including phenoxy) is 1. The number of nitrogens with zero attached hydrogens (tertiary/aromatic N) is 1. The minimum absolute atomic E-state index is 0.519. The maximum atomic E-state index is 6.12. The van der Waals surface area contributed by atoms with Crippen LogP contribution in [0.1, 0.15) is 30.4 Å². The van der Waals surface area contributed by atoms with Crippen LogP contribution in [0.15, 0.2) is 24.3 Å². The van der Waals surface area contributed by atoms with Gasteiger partial charge in [-0.1, -0.05) is 24.3 Å². The highest BCUT2D eigenvalue weighted by Crippen LogP contribution is 2.26. The van der Waals surface area contributed by atoms with Crippen molar-refractivity contribution in [3.63, 3.8) is 0 Å². The lowest BCUT2D eigenvalue weighted by Crippen LogP contribution is -2.47. The van der Waals surface area contributed by atoms with Crippen molar-refractivity contribution in [1.29, 1.82) is 0 Å². The standard InChI is InChI=1S/C17H26N2O/c18-12-17(15-7-10-20-11-8-15)19-9-3-6-14-4-1-2-5-16(14)13-19/h1-2,4-5,15,17H,3,6-13,18H2. The molecule has 1 fully saturated rings. The Morgan fingerprint density at radius 3 is 2.70 bits per heavy atom. The molecular formula is C17H26N2O. The van der Waals surface area contributed by atoms with E-state index < -0.39 is 0 Å². The Balaban J connectivity index is 1.74. The Bertz CT molecular complexity index is 429. The molecular weight excluding hydrogens is 248 g/mol. The van der Waals surface area contributed by atoms with E-state index in [-0.39, 0.29) is 0 Å². The smallest absolute Gasteiger partial charge is 0.0469 e. The molecule has 0 aromatic heterocycles. The fourth-order valence-corrected chi connectivity index (χ4v) is 3.75. The molecule has 1 unspecified atom stereocenters. The van der Waals surface area contributed by atoms with Gasteiger partial charge in [-0.2, -0.15) is 0 Å². The van der Waals surface area contributed by atoms with E-state index in [1.165, 1.54) is 43.4 Å². The van der Waals surface area contributed by atoms with Crippen LogP contribution in [0, 0.1) is 5.92 Å². The second-order valence-electron chi connectivity index (χ2n) is 6.10. The lowest BCUT2D eigenvalue weighted by atomic mass is 9.90. The van der Waals surface area contributed by atoms with Crippen molar-refractivity contribution in [1.82, 2.24) is 4.90 Å². The van der Waals surface area contributed by atoms with Gasteiger partial charge in [0.25, 0.3) is 0 Å². The summed E-state index contributed by atoms with van der Waals surface area (Å²) in [4.78, 5) is 2.63. The van der Waals surface area contributed by atoms with E-state index in [1.54, 1.807) is 0 Å². The largest absolute Gasteiger partial charge is 0.381 e. The average molecular weight is 274 g/mol. The van der Waals surface area contributed by atoms with Gasteiger partial charge in [-0.3, -0.25) is 4.90 Å². The van der Waals surface area contributed by atoms with Gasteiger partial charge in [0.15, 0.2) is 0 Å². The summed E-state index contributed by atoms with van der Waals surface area (Å²) in [6.45, 7) is 4.83. The van der Waals surface area contributed by atoms with Crippen LogP contribution < -0.4 is 5.73 Å². The summed E-state index contributed by atoms with van der Waals surface area (Å²) in [5.41, 5.74) is 9.14. The van der Waals surface area contributed by atoms with Crippen LogP contribution in [0.2, 0.25) is 0 Å². The van der Waals surface area contributed by atoms with E-state index >= 15 is 0 Å². The Morgan fingerprint density at radius 2 is 1.95 bits per heavy atom. The van der Waals surface area contributed by atoms with Crippen LogP contribution in [-0.4, -0.2) is 37.2 Å². The average Bonchev–Trinajstić information content (AvgIpc) is 2.71. The van der Waals surface area contributed by atoms with Gasteiger partial charge in [0.1, 0.15) is 0 Å². The lowest BCUT2D eigenvalue weighted by molar-refractivity contribution is 0.0257. The predicted octanol–water partition coefficient (Wildman–Crippen LogP) is 2.19. The molecule has 1 aromatic carbocycles.